The monoisotopic (exact) mass is 217 g/mol. The fourth-order valence-corrected chi connectivity index (χ4v) is 0.771. The molecule has 15 heavy (non-hydrogen) atoms. The van der Waals surface area contributed by atoms with Gasteiger partial charge >= 0.3 is 5.97 Å². The van der Waals surface area contributed by atoms with Crippen molar-refractivity contribution in [3.63, 3.8) is 0 Å². The molecule has 1 amide bonds. The third-order valence-corrected chi connectivity index (χ3v) is 1.43. The van der Waals surface area contributed by atoms with Crippen LogP contribution in [0.5, 0.6) is 0 Å². The Morgan fingerprint density at radius 2 is 1.87 bits per heavy atom. The minimum absolute atomic E-state index is 0.234. The molecule has 0 aliphatic heterocycles. The number of hydrogen-bond donors (Lipinski definition) is 4. The summed E-state index contributed by atoms with van der Waals surface area (Å²) in [6.07, 6.45) is -0.808. The van der Waals surface area contributed by atoms with E-state index >= 15 is 0 Å². The third kappa shape index (κ3) is 4.77. The Morgan fingerprint density at radius 3 is 2.20 bits per heavy atom. The highest BCUT2D eigenvalue weighted by Crippen LogP contribution is 1.98. The minimum Gasteiger partial charge on any atom is -0.502 e. The number of hydrogen-bond acceptors (Lipinski definition) is 5. The fourth-order valence-electron chi connectivity index (χ4n) is 0.771. The van der Waals surface area contributed by atoms with Crippen LogP contribution in [0.2, 0.25) is 0 Å². The highest BCUT2D eigenvalue weighted by molar-refractivity contribution is 5.84. The summed E-state index contributed by atoms with van der Waals surface area (Å²) in [5, 5.41) is 28.3. The number of aliphatic hydroxyl groups excluding tert-OH is 2. The molecule has 0 radical (unpaired) electrons. The molecule has 0 bridgehead atoms. The number of rotatable bonds is 5. The van der Waals surface area contributed by atoms with Gasteiger partial charge in [0.25, 0.3) is 0 Å². The lowest BCUT2D eigenvalue weighted by molar-refractivity contribution is -0.135. The molecule has 0 aliphatic carbocycles. The first kappa shape index (κ1) is 13.1. The van der Waals surface area contributed by atoms with Crippen molar-refractivity contribution in [3.8, 4) is 0 Å². The summed E-state index contributed by atoms with van der Waals surface area (Å²) in [6.45, 7) is 1.13. The summed E-state index contributed by atoms with van der Waals surface area (Å²) < 4.78 is 0. The maximum atomic E-state index is 10.6. The third-order valence-electron chi connectivity index (χ3n) is 1.43. The molecular formula is C8H11NO6. The van der Waals surface area contributed by atoms with Crippen molar-refractivity contribution >= 4 is 18.2 Å². The molecule has 2 atom stereocenters. The van der Waals surface area contributed by atoms with Crippen molar-refractivity contribution in [1.82, 2.24) is 5.32 Å². The van der Waals surface area contributed by atoms with E-state index in [1.54, 1.807) is 0 Å². The Labute approximate surface area is 85.0 Å². The predicted octanol–water partition coefficient (Wildman–Crippen LogP) is -1.42. The molecule has 0 aromatic carbocycles. The summed E-state index contributed by atoms with van der Waals surface area (Å²) in [5.74, 6) is -3.30. The zero-order chi connectivity index (χ0) is 12.0. The predicted molar refractivity (Wildman–Crippen MR) is 48.0 cm³/mol. The van der Waals surface area contributed by atoms with Gasteiger partial charge in [-0.1, -0.05) is 0 Å². The molecule has 0 unspecified atom stereocenters. The Kier molecular flexibility index (Phi) is 5.03. The van der Waals surface area contributed by atoms with Crippen molar-refractivity contribution in [1.29, 1.82) is 0 Å². The van der Waals surface area contributed by atoms with Crippen LogP contribution >= 0.6 is 0 Å². The molecule has 7 heteroatoms. The number of nitrogens with one attached hydrogen (secondary N) is 1. The quantitative estimate of drug-likeness (QED) is 0.254. The van der Waals surface area contributed by atoms with Crippen molar-refractivity contribution in [2.24, 2.45) is 0 Å². The molecule has 0 aliphatic rings. The Balaban J connectivity index is 4.58. The first-order valence-electron chi connectivity index (χ1n) is 3.93. The van der Waals surface area contributed by atoms with Crippen LogP contribution in [0.25, 0.3) is 0 Å². The smallest absolute Gasteiger partial charge is 0.370 e. The molecule has 0 rings (SSSR count). The van der Waals surface area contributed by atoms with E-state index in [9.17, 15) is 19.5 Å². The maximum absolute atomic E-state index is 10.6. The molecule has 0 aromatic heterocycles. The zero-order valence-corrected chi connectivity index (χ0v) is 7.88. The number of carbonyl (C=O) groups excluding carboxylic acids is 2. The summed E-state index contributed by atoms with van der Waals surface area (Å²) in [6, 6.07) is -1.29. The Bertz CT molecular complexity index is 298. The number of carboxylic acids is 1. The van der Waals surface area contributed by atoms with Crippen molar-refractivity contribution in [2.45, 2.75) is 19.1 Å². The maximum Gasteiger partial charge on any atom is 0.370 e. The minimum atomic E-state index is -1.64. The second-order valence-corrected chi connectivity index (χ2v) is 2.71. The van der Waals surface area contributed by atoms with Gasteiger partial charge in [-0.25, -0.2) is 4.79 Å². The van der Waals surface area contributed by atoms with E-state index in [2.05, 4.69) is 5.32 Å². The summed E-state index contributed by atoms with van der Waals surface area (Å²) in [5.41, 5.74) is 0. The average molecular weight is 217 g/mol. The molecular weight excluding hydrogens is 206 g/mol. The van der Waals surface area contributed by atoms with Crippen LogP contribution in [0.4, 0.5) is 0 Å². The van der Waals surface area contributed by atoms with Gasteiger partial charge in [0.05, 0.1) is 0 Å². The Hall–Kier alpha value is -1.89. The number of carboxylic acid groups (broad SMARTS) is 1. The highest BCUT2D eigenvalue weighted by Gasteiger charge is 2.19. The topological polar surface area (TPSA) is 124 Å². The highest BCUT2D eigenvalue weighted by atomic mass is 16.4. The van der Waals surface area contributed by atoms with Gasteiger partial charge in [-0.2, -0.15) is 0 Å². The lowest BCUT2D eigenvalue weighted by atomic mass is 10.1. The van der Waals surface area contributed by atoms with Crippen LogP contribution in [-0.4, -0.2) is 45.6 Å². The van der Waals surface area contributed by atoms with Gasteiger partial charge in [0, 0.05) is 6.92 Å². The van der Waals surface area contributed by atoms with E-state index in [1.165, 1.54) is 0 Å². The standard InChI is InChI=1S/C8H11NO6/c1-4(11)9-5(3-10)6(12)2-7(13)8(14)15/h2-3,5-6,12-13H,1H3,(H,9,11)(H,14,15)/t5-,6+/m1/s1. The van der Waals surface area contributed by atoms with Gasteiger partial charge in [0.15, 0.2) is 5.76 Å². The average Bonchev–Trinajstić information content (AvgIpc) is 2.13. The van der Waals surface area contributed by atoms with Crippen LogP contribution in [0.3, 0.4) is 0 Å². The lowest BCUT2D eigenvalue weighted by Crippen LogP contribution is -2.43. The van der Waals surface area contributed by atoms with Crippen LogP contribution in [-0.2, 0) is 14.4 Å². The number of aliphatic hydroxyl groups is 2. The molecule has 4 N–H and O–H groups in total. The molecule has 0 heterocycles. The van der Waals surface area contributed by atoms with E-state index < -0.39 is 29.8 Å². The van der Waals surface area contributed by atoms with E-state index in [-0.39, 0.29) is 6.29 Å². The first-order chi connectivity index (χ1) is 6.88. The number of amides is 1. The second kappa shape index (κ2) is 5.76. The molecule has 0 aromatic rings. The van der Waals surface area contributed by atoms with Crippen LogP contribution in [0.1, 0.15) is 6.92 Å². The van der Waals surface area contributed by atoms with Crippen LogP contribution in [0, 0.1) is 0 Å². The van der Waals surface area contributed by atoms with Gasteiger partial charge in [0.2, 0.25) is 5.91 Å². The largest absolute Gasteiger partial charge is 0.502 e. The summed E-state index contributed by atoms with van der Waals surface area (Å²) in [4.78, 5) is 31.1. The van der Waals surface area contributed by atoms with Gasteiger partial charge < -0.3 is 25.4 Å². The molecule has 84 valence electrons. The fraction of sp³-hybridized carbons (Fsp3) is 0.375. The SMILES string of the molecule is CC(=O)N[C@H](C=O)[C@@H](O)C=C(O)C(=O)O. The molecule has 0 spiro atoms. The second-order valence-electron chi connectivity index (χ2n) is 2.71. The molecule has 7 nitrogen and oxygen atoms in total. The normalized spacial score (nSPS) is 15.2. The van der Waals surface area contributed by atoms with E-state index in [4.69, 9.17) is 10.2 Å². The number of aldehydes is 1. The summed E-state index contributed by atoms with van der Waals surface area (Å²) in [7, 11) is 0. The lowest BCUT2D eigenvalue weighted by Gasteiger charge is -2.14. The van der Waals surface area contributed by atoms with Crippen LogP contribution < -0.4 is 5.32 Å². The molecule has 0 fully saturated rings. The van der Waals surface area contributed by atoms with Crippen molar-refractivity contribution in [2.75, 3.05) is 0 Å². The number of carbonyl (C=O) groups is 3. The van der Waals surface area contributed by atoms with Gasteiger partial charge in [0.1, 0.15) is 18.4 Å². The first-order valence-corrected chi connectivity index (χ1v) is 3.93. The van der Waals surface area contributed by atoms with E-state index in [1.807, 2.05) is 0 Å². The Morgan fingerprint density at radius 1 is 1.33 bits per heavy atom. The van der Waals surface area contributed by atoms with Crippen molar-refractivity contribution in [3.05, 3.63) is 11.8 Å². The zero-order valence-electron chi connectivity index (χ0n) is 7.88. The van der Waals surface area contributed by atoms with Gasteiger partial charge in [-0.05, 0) is 6.08 Å². The van der Waals surface area contributed by atoms with Gasteiger partial charge in [-0.15, -0.1) is 0 Å². The summed E-state index contributed by atoms with van der Waals surface area (Å²) >= 11 is 0. The van der Waals surface area contributed by atoms with E-state index in [0.717, 1.165) is 6.92 Å². The van der Waals surface area contributed by atoms with Crippen molar-refractivity contribution < 1.29 is 29.7 Å². The number of aliphatic carboxylic acids is 1. The van der Waals surface area contributed by atoms with Gasteiger partial charge in [-0.3, -0.25) is 4.79 Å². The van der Waals surface area contributed by atoms with E-state index in [0.29, 0.717) is 6.08 Å². The van der Waals surface area contributed by atoms with Crippen LogP contribution in [0.15, 0.2) is 11.8 Å². The molecule has 0 saturated heterocycles. The molecule has 0 saturated carbocycles.